The Bertz CT molecular complexity index is 1040. The number of hydrogen-bond donors (Lipinski definition) is 0. The summed E-state index contributed by atoms with van der Waals surface area (Å²) in [7, 11) is 0. The van der Waals surface area contributed by atoms with E-state index in [9.17, 15) is 13.6 Å². The van der Waals surface area contributed by atoms with Crippen molar-refractivity contribution in [3.8, 4) is 0 Å². The third kappa shape index (κ3) is 11.3. The smallest absolute Gasteiger partial charge is 0.330 e. The van der Waals surface area contributed by atoms with Gasteiger partial charge in [-0.2, -0.15) is 0 Å². The molecule has 2 unspecified atom stereocenters. The standard InChI is InChI=1S/C32H40F2O2/c1-12-21(4)15-16-23(6)24(7)18-30(33)28(11)26(9)19-31(34)27(10)25(8)17-29(22(5)13-2)20-36-32(35)14-3/h14-19,21,23H,3,5,7-13,20H2,1-2,4,6H3/b16-15-,29-17-,30-18+,31-19+. The zero-order chi connectivity index (χ0) is 28.0. The van der Waals surface area contributed by atoms with Crippen LogP contribution in [0, 0.1) is 11.8 Å². The highest BCUT2D eigenvalue weighted by Crippen LogP contribution is 2.28. The fraction of sp³-hybridized carbons (Fsp3) is 0.281. The fourth-order valence-electron chi connectivity index (χ4n) is 2.61. The SMILES string of the molecule is C=CC(=O)OC/C(=C/C(=C)C(=C)/C(F)=C\C(=C)C(=C)/C(F)=C\C(=C)C(C)/C=C\C(C)CC)C(=C)CC. The Morgan fingerprint density at radius 1 is 0.861 bits per heavy atom. The van der Waals surface area contributed by atoms with E-state index in [1.807, 2.05) is 19.9 Å². The zero-order valence-corrected chi connectivity index (χ0v) is 22.3. The summed E-state index contributed by atoms with van der Waals surface area (Å²) in [5.74, 6) is -1.62. The molecule has 0 aromatic heterocycles. The first kappa shape index (κ1) is 32.5. The van der Waals surface area contributed by atoms with E-state index in [-0.39, 0.29) is 34.8 Å². The second kappa shape index (κ2) is 16.2. The molecular formula is C32H40F2O2. The van der Waals surface area contributed by atoms with Gasteiger partial charge in [-0.3, -0.25) is 0 Å². The molecule has 36 heavy (non-hydrogen) atoms. The number of ether oxygens (including phenoxy) is 1. The number of halogens is 2. The summed E-state index contributed by atoms with van der Waals surface area (Å²) in [4.78, 5) is 11.4. The van der Waals surface area contributed by atoms with Crippen LogP contribution in [-0.2, 0) is 9.53 Å². The van der Waals surface area contributed by atoms with E-state index < -0.39 is 17.6 Å². The molecule has 0 saturated heterocycles. The number of hydrogen-bond acceptors (Lipinski definition) is 2. The van der Waals surface area contributed by atoms with Gasteiger partial charge in [-0.25, -0.2) is 13.6 Å². The third-order valence-corrected chi connectivity index (χ3v) is 5.69. The molecule has 194 valence electrons. The van der Waals surface area contributed by atoms with E-state index in [2.05, 4.69) is 66.0 Å². The first-order chi connectivity index (χ1) is 16.8. The molecule has 4 heteroatoms. The number of allylic oxidation sites excluding steroid dienone is 12. The van der Waals surface area contributed by atoms with Crippen LogP contribution in [0.1, 0.15) is 40.5 Å². The summed E-state index contributed by atoms with van der Waals surface area (Å²) in [6.45, 7) is 34.2. The molecule has 2 atom stereocenters. The molecule has 0 radical (unpaired) electrons. The van der Waals surface area contributed by atoms with Crippen molar-refractivity contribution in [2.75, 3.05) is 6.61 Å². The van der Waals surface area contributed by atoms with Gasteiger partial charge in [0.05, 0.1) is 0 Å². The fourth-order valence-corrected chi connectivity index (χ4v) is 2.61. The Labute approximate surface area is 216 Å². The van der Waals surface area contributed by atoms with Crippen molar-refractivity contribution in [1.29, 1.82) is 0 Å². The molecule has 0 aliphatic rings. The van der Waals surface area contributed by atoms with Crippen LogP contribution >= 0.6 is 0 Å². The minimum Gasteiger partial charge on any atom is -0.458 e. The van der Waals surface area contributed by atoms with Crippen LogP contribution in [0.3, 0.4) is 0 Å². The minimum atomic E-state index is -0.747. The molecule has 0 amide bonds. The molecule has 0 heterocycles. The average Bonchev–Trinajstić information content (AvgIpc) is 2.86. The summed E-state index contributed by atoms with van der Waals surface area (Å²) < 4.78 is 34.7. The third-order valence-electron chi connectivity index (χ3n) is 5.69. The van der Waals surface area contributed by atoms with Gasteiger partial charge in [0.1, 0.15) is 18.3 Å². The molecular weight excluding hydrogens is 454 g/mol. The summed E-state index contributed by atoms with van der Waals surface area (Å²) in [5.41, 5.74) is 2.03. The predicted molar refractivity (Wildman–Crippen MR) is 151 cm³/mol. The molecule has 0 aliphatic carbocycles. The lowest BCUT2D eigenvalue weighted by Crippen LogP contribution is -2.06. The second-order valence-electron chi connectivity index (χ2n) is 8.56. The van der Waals surface area contributed by atoms with Crippen LogP contribution < -0.4 is 0 Å². The second-order valence-corrected chi connectivity index (χ2v) is 8.56. The highest BCUT2D eigenvalue weighted by atomic mass is 19.1. The largest absolute Gasteiger partial charge is 0.458 e. The van der Waals surface area contributed by atoms with Crippen LogP contribution in [0.2, 0.25) is 0 Å². The maximum Gasteiger partial charge on any atom is 0.330 e. The lowest BCUT2D eigenvalue weighted by atomic mass is 9.96. The van der Waals surface area contributed by atoms with Crippen molar-refractivity contribution >= 4 is 5.97 Å². The summed E-state index contributed by atoms with van der Waals surface area (Å²) >= 11 is 0. The van der Waals surface area contributed by atoms with Gasteiger partial charge in [0.25, 0.3) is 0 Å². The van der Waals surface area contributed by atoms with E-state index in [4.69, 9.17) is 4.74 Å². The van der Waals surface area contributed by atoms with Crippen LogP contribution in [0.15, 0.2) is 133 Å². The van der Waals surface area contributed by atoms with E-state index in [0.29, 0.717) is 29.1 Å². The van der Waals surface area contributed by atoms with Gasteiger partial charge in [-0.1, -0.05) is 92.3 Å². The molecule has 0 aromatic carbocycles. The summed E-state index contributed by atoms with van der Waals surface area (Å²) in [5, 5.41) is 0. The van der Waals surface area contributed by atoms with Gasteiger partial charge in [0, 0.05) is 17.2 Å². The van der Waals surface area contributed by atoms with Gasteiger partial charge < -0.3 is 4.74 Å². The van der Waals surface area contributed by atoms with E-state index in [0.717, 1.165) is 18.6 Å². The normalized spacial score (nSPS) is 14.1. The predicted octanol–water partition coefficient (Wildman–Crippen LogP) is 9.33. The number of esters is 1. The van der Waals surface area contributed by atoms with Crippen molar-refractivity contribution in [2.24, 2.45) is 11.8 Å². The highest BCUT2D eigenvalue weighted by molar-refractivity contribution is 5.81. The van der Waals surface area contributed by atoms with Gasteiger partial charge >= 0.3 is 5.97 Å². The zero-order valence-electron chi connectivity index (χ0n) is 22.3. The minimum absolute atomic E-state index is 0.0296. The molecule has 0 saturated carbocycles. The molecule has 0 spiro atoms. The van der Waals surface area contributed by atoms with Gasteiger partial charge in [0.15, 0.2) is 0 Å². The average molecular weight is 495 g/mol. The molecule has 0 aromatic rings. The monoisotopic (exact) mass is 494 g/mol. The molecule has 0 N–H and O–H groups in total. The number of rotatable bonds is 16. The van der Waals surface area contributed by atoms with Crippen LogP contribution in [-0.4, -0.2) is 12.6 Å². The topological polar surface area (TPSA) is 26.3 Å². The van der Waals surface area contributed by atoms with Crippen LogP contribution in [0.4, 0.5) is 8.78 Å². The molecule has 2 nitrogen and oxygen atoms in total. The highest BCUT2D eigenvalue weighted by Gasteiger charge is 2.12. The molecule has 0 aliphatic heterocycles. The first-order valence-electron chi connectivity index (χ1n) is 11.8. The molecule has 0 bridgehead atoms. The van der Waals surface area contributed by atoms with Crippen molar-refractivity contribution < 1.29 is 18.3 Å². The van der Waals surface area contributed by atoms with Gasteiger partial charge in [-0.05, 0) is 64.4 Å². The van der Waals surface area contributed by atoms with Gasteiger partial charge in [-0.15, -0.1) is 0 Å². The quantitative estimate of drug-likeness (QED) is 0.0924. The molecule has 0 rings (SSSR count). The maximum absolute atomic E-state index is 14.9. The van der Waals surface area contributed by atoms with Crippen molar-refractivity contribution in [3.63, 3.8) is 0 Å². The number of carbonyl (C=O) groups is 1. The van der Waals surface area contributed by atoms with E-state index in [1.165, 1.54) is 6.08 Å². The maximum atomic E-state index is 14.9. The summed E-state index contributed by atoms with van der Waals surface area (Å²) in [6.07, 6.45) is 10.6. The number of carbonyl (C=O) groups excluding carboxylic acids is 1. The Balaban J connectivity index is 5.53. The summed E-state index contributed by atoms with van der Waals surface area (Å²) in [6, 6.07) is 0. The Hall–Kier alpha value is -3.53. The van der Waals surface area contributed by atoms with Crippen LogP contribution in [0.25, 0.3) is 0 Å². The van der Waals surface area contributed by atoms with Crippen LogP contribution in [0.5, 0.6) is 0 Å². The Kier molecular flexibility index (Phi) is 14.6. The first-order valence-corrected chi connectivity index (χ1v) is 11.8. The lowest BCUT2D eigenvalue weighted by molar-refractivity contribution is -0.136. The Morgan fingerprint density at radius 3 is 1.89 bits per heavy atom. The molecule has 0 fully saturated rings. The van der Waals surface area contributed by atoms with E-state index >= 15 is 0 Å². The van der Waals surface area contributed by atoms with Gasteiger partial charge in [0.2, 0.25) is 0 Å². The lowest BCUT2D eigenvalue weighted by Gasteiger charge is -2.12. The van der Waals surface area contributed by atoms with Crippen molar-refractivity contribution in [1.82, 2.24) is 0 Å². The van der Waals surface area contributed by atoms with E-state index in [1.54, 1.807) is 6.08 Å². The van der Waals surface area contributed by atoms with Crippen molar-refractivity contribution in [2.45, 2.75) is 40.5 Å². The Morgan fingerprint density at radius 2 is 1.39 bits per heavy atom. The van der Waals surface area contributed by atoms with Crippen molar-refractivity contribution in [3.05, 3.63) is 133 Å².